The lowest BCUT2D eigenvalue weighted by Crippen LogP contribution is -2.42. The Morgan fingerprint density at radius 2 is 1.83 bits per heavy atom. The number of benzene rings is 1. The summed E-state index contributed by atoms with van der Waals surface area (Å²) in [5, 5.41) is 1.76. The molecule has 10 heteroatoms. The lowest BCUT2D eigenvalue weighted by atomic mass is 10.3. The van der Waals surface area contributed by atoms with Crippen molar-refractivity contribution >= 4 is 27.9 Å². The molecular formula is C13H17N3O6S. The van der Waals surface area contributed by atoms with Gasteiger partial charge in [0.25, 0.3) is 5.91 Å². The molecule has 0 aliphatic heterocycles. The summed E-state index contributed by atoms with van der Waals surface area (Å²) in [5.74, 6) is -1.66. The first-order chi connectivity index (χ1) is 10.7. The van der Waals surface area contributed by atoms with E-state index < -0.39 is 34.0 Å². The normalized spacial score (nSPS) is 12.2. The molecule has 0 aliphatic carbocycles. The van der Waals surface area contributed by atoms with E-state index in [0.29, 0.717) is 0 Å². The first kappa shape index (κ1) is 18.6. The van der Waals surface area contributed by atoms with E-state index in [9.17, 15) is 22.8 Å². The minimum Gasteiger partial charge on any atom is -0.452 e. The van der Waals surface area contributed by atoms with Crippen molar-refractivity contribution < 1.29 is 27.5 Å². The number of nitrogens with two attached hydrogens (primary N) is 1. The Labute approximate surface area is 133 Å². The van der Waals surface area contributed by atoms with Gasteiger partial charge in [0, 0.05) is 6.54 Å². The summed E-state index contributed by atoms with van der Waals surface area (Å²) in [6.07, 6.45) is -1.50. The van der Waals surface area contributed by atoms with Crippen molar-refractivity contribution in [2.75, 3.05) is 6.54 Å². The number of imide groups is 1. The number of ether oxygens (including phenoxy) is 1. The summed E-state index contributed by atoms with van der Waals surface area (Å²) < 4.78 is 30.8. The quantitative estimate of drug-likeness (QED) is 0.568. The molecule has 23 heavy (non-hydrogen) atoms. The van der Waals surface area contributed by atoms with Crippen LogP contribution in [0.1, 0.15) is 13.3 Å². The van der Waals surface area contributed by atoms with Gasteiger partial charge in [0.05, 0.1) is 11.3 Å². The van der Waals surface area contributed by atoms with E-state index in [4.69, 9.17) is 10.5 Å². The average Bonchev–Trinajstić information content (AvgIpc) is 2.47. The van der Waals surface area contributed by atoms with Gasteiger partial charge in [-0.1, -0.05) is 18.2 Å². The van der Waals surface area contributed by atoms with Crippen molar-refractivity contribution in [1.82, 2.24) is 10.0 Å². The zero-order chi connectivity index (χ0) is 17.5. The summed E-state index contributed by atoms with van der Waals surface area (Å²) in [4.78, 5) is 33.4. The molecule has 0 aliphatic rings. The monoisotopic (exact) mass is 343 g/mol. The Morgan fingerprint density at radius 1 is 1.22 bits per heavy atom. The lowest BCUT2D eigenvalue weighted by Gasteiger charge is -2.12. The number of sulfonamides is 1. The minimum atomic E-state index is -3.71. The summed E-state index contributed by atoms with van der Waals surface area (Å²) in [7, 11) is -3.71. The molecule has 0 saturated heterocycles. The fourth-order valence-electron chi connectivity index (χ4n) is 1.50. The first-order valence-corrected chi connectivity index (χ1v) is 8.05. The van der Waals surface area contributed by atoms with E-state index in [0.717, 1.165) is 0 Å². The number of hydrogen-bond donors (Lipinski definition) is 3. The van der Waals surface area contributed by atoms with Crippen LogP contribution in [0.2, 0.25) is 0 Å². The number of esters is 1. The van der Waals surface area contributed by atoms with Gasteiger partial charge in [0.15, 0.2) is 6.10 Å². The Morgan fingerprint density at radius 3 is 2.39 bits per heavy atom. The maximum absolute atomic E-state index is 11.9. The largest absolute Gasteiger partial charge is 0.452 e. The van der Waals surface area contributed by atoms with E-state index in [1.54, 1.807) is 23.5 Å². The van der Waals surface area contributed by atoms with Gasteiger partial charge in [-0.3, -0.25) is 14.9 Å². The molecule has 9 nitrogen and oxygen atoms in total. The van der Waals surface area contributed by atoms with Gasteiger partial charge in [0.2, 0.25) is 10.0 Å². The van der Waals surface area contributed by atoms with E-state index >= 15 is 0 Å². The van der Waals surface area contributed by atoms with Gasteiger partial charge in [-0.2, -0.15) is 0 Å². The molecule has 1 aromatic rings. The van der Waals surface area contributed by atoms with Gasteiger partial charge < -0.3 is 10.5 Å². The molecular weight excluding hydrogens is 326 g/mol. The van der Waals surface area contributed by atoms with Gasteiger partial charge in [0.1, 0.15) is 0 Å². The summed E-state index contributed by atoms with van der Waals surface area (Å²) >= 11 is 0. The third-order valence-corrected chi connectivity index (χ3v) is 4.08. The van der Waals surface area contributed by atoms with Crippen LogP contribution >= 0.6 is 0 Å². The molecule has 0 radical (unpaired) electrons. The molecule has 4 N–H and O–H groups in total. The Hall–Kier alpha value is -2.46. The van der Waals surface area contributed by atoms with Gasteiger partial charge in [-0.25, -0.2) is 17.9 Å². The number of amides is 3. The number of primary amides is 1. The highest BCUT2D eigenvalue weighted by Crippen LogP contribution is 2.06. The third kappa shape index (κ3) is 6.45. The second-order valence-corrected chi connectivity index (χ2v) is 6.21. The number of carbonyl (C=O) groups is 3. The van der Waals surface area contributed by atoms with Crippen molar-refractivity contribution in [2.45, 2.75) is 24.3 Å². The number of nitrogens with one attached hydrogen (secondary N) is 2. The molecule has 0 unspecified atom stereocenters. The van der Waals surface area contributed by atoms with Crippen LogP contribution in [-0.4, -0.2) is 39.0 Å². The summed E-state index contributed by atoms with van der Waals surface area (Å²) in [5.41, 5.74) is 4.76. The predicted molar refractivity (Wildman–Crippen MR) is 79.5 cm³/mol. The Bertz CT molecular complexity index is 674. The molecule has 0 fully saturated rings. The molecule has 0 saturated carbocycles. The van der Waals surface area contributed by atoms with E-state index in [2.05, 4.69) is 4.72 Å². The zero-order valence-corrected chi connectivity index (χ0v) is 13.1. The van der Waals surface area contributed by atoms with E-state index in [1.165, 1.54) is 19.1 Å². The van der Waals surface area contributed by atoms with Crippen LogP contribution < -0.4 is 15.8 Å². The number of rotatable bonds is 7. The van der Waals surface area contributed by atoms with Crippen LogP contribution in [0.25, 0.3) is 0 Å². The topological polar surface area (TPSA) is 145 Å². The summed E-state index contributed by atoms with van der Waals surface area (Å²) in [6, 6.07) is 6.58. The van der Waals surface area contributed by atoms with Crippen LogP contribution in [-0.2, 0) is 24.3 Å². The highest BCUT2D eigenvalue weighted by molar-refractivity contribution is 7.89. The first-order valence-electron chi connectivity index (χ1n) is 6.57. The number of hydrogen-bond acceptors (Lipinski definition) is 6. The predicted octanol–water partition coefficient (Wildman–Crippen LogP) is -0.518. The molecule has 0 spiro atoms. The molecule has 1 aromatic carbocycles. The van der Waals surface area contributed by atoms with Crippen molar-refractivity contribution in [3.05, 3.63) is 30.3 Å². The smallest absolute Gasteiger partial charge is 0.318 e. The minimum absolute atomic E-state index is 0.0718. The van der Waals surface area contributed by atoms with Crippen molar-refractivity contribution in [1.29, 1.82) is 0 Å². The van der Waals surface area contributed by atoms with Crippen molar-refractivity contribution in [3.63, 3.8) is 0 Å². The fourth-order valence-corrected chi connectivity index (χ4v) is 2.56. The maximum atomic E-state index is 11.9. The third-order valence-electron chi connectivity index (χ3n) is 2.60. The van der Waals surface area contributed by atoms with Crippen LogP contribution in [0.5, 0.6) is 0 Å². The van der Waals surface area contributed by atoms with Crippen molar-refractivity contribution in [2.24, 2.45) is 5.73 Å². The molecule has 0 heterocycles. The number of urea groups is 1. The molecule has 1 atom stereocenters. The highest BCUT2D eigenvalue weighted by Gasteiger charge is 2.19. The standard InChI is InChI=1S/C13H17N3O6S/c1-9(12(18)16-13(14)19)22-11(17)7-8-15-23(20,21)10-5-3-2-4-6-10/h2-6,9,15H,7-8H2,1H3,(H3,14,16,18,19)/t9-/m0/s1. The van der Waals surface area contributed by atoms with Crippen molar-refractivity contribution in [3.8, 4) is 0 Å². The second kappa shape index (κ2) is 8.25. The van der Waals surface area contributed by atoms with E-state index in [1.807, 2.05) is 0 Å². The molecule has 1 rings (SSSR count). The van der Waals surface area contributed by atoms with Crippen LogP contribution in [0, 0.1) is 0 Å². The molecule has 0 aromatic heterocycles. The Balaban J connectivity index is 2.42. The molecule has 0 bridgehead atoms. The average molecular weight is 343 g/mol. The maximum Gasteiger partial charge on any atom is 0.318 e. The lowest BCUT2D eigenvalue weighted by molar-refractivity contribution is -0.154. The number of carbonyl (C=O) groups excluding carboxylic acids is 3. The summed E-state index contributed by atoms with van der Waals surface area (Å²) in [6.45, 7) is 1.06. The second-order valence-electron chi connectivity index (χ2n) is 4.45. The van der Waals surface area contributed by atoms with Gasteiger partial charge in [-0.15, -0.1) is 0 Å². The SMILES string of the molecule is C[C@H](OC(=O)CCNS(=O)(=O)c1ccccc1)C(=O)NC(N)=O. The highest BCUT2D eigenvalue weighted by atomic mass is 32.2. The van der Waals surface area contributed by atoms with Crippen LogP contribution in [0.4, 0.5) is 4.79 Å². The van der Waals surface area contributed by atoms with Gasteiger partial charge >= 0.3 is 12.0 Å². The molecule has 3 amide bonds. The molecule has 126 valence electrons. The van der Waals surface area contributed by atoms with E-state index in [-0.39, 0.29) is 17.9 Å². The van der Waals surface area contributed by atoms with Gasteiger partial charge in [-0.05, 0) is 19.1 Å². The van der Waals surface area contributed by atoms with Crippen LogP contribution in [0.3, 0.4) is 0 Å². The fraction of sp³-hybridized carbons (Fsp3) is 0.308. The zero-order valence-electron chi connectivity index (χ0n) is 12.3. The van der Waals surface area contributed by atoms with Crippen LogP contribution in [0.15, 0.2) is 35.2 Å². The Kier molecular flexibility index (Phi) is 6.66.